The van der Waals surface area contributed by atoms with Crippen molar-refractivity contribution in [1.29, 1.82) is 0 Å². The van der Waals surface area contributed by atoms with Gasteiger partial charge < -0.3 is 15.7 Å². The zero-order chi connectivity index (χ0) is 16.8. The van der Waals surface area contributed by atoms with E-state index in [4.69, 9.17) is 5.11 Å². The van der Waals surface area contributed by atoms with E-state index in [0.29, 0.717) is 0 Å². The van der Waals surface area contributed by atoms with Gasteiger partial charge in [-0.2, -0.15) is 0 Å². The number of carboxylic acids is 1. The smallest absolute Gasteiger partial charge is 0.317 e. The van der Waals surface area contributed by atoms with Crippen LogP contribution in [0.5, 0.6) is 0 Å². The average Bonchev–Trinajstić information content (AvgIpc) is 2.54. The second kappa shape index (κ2) is 13.2. The Bertz CT molecular complexity index is 421. The first-order valence-electron chi connectivity index (χ1n) is 7.42. The number of carbonyl (C=O) groups is 2. The van der Waals surface area contributed by atoms with Gasteiger partial charge in [-0.05, 0) is 18.4 Å². The summed E-state index contributed by atoms with van der Waals surface area (Å²) in [5.74, 6) is -0.200. The van der Waals surface area contributed by atoms with Gasteiger partial charge in [0.15, 0.2) is 0 Å². The Hall–Kier alpha value is -1.53. The van der Waals surface area contributed by atoms with Gasteiger partial charge in [-0.1, -0.05) is 55.9 Å². The normalized spacial score (nSPS) is 9.59. The molecule has 5 nitrogen and oxygen atoms in total. The monoisotopic (exact) mass is 326 g/mol. The van der Waals surface area contributed by atoms with Crippen molar-refractivity contribution in [2.75, 3.05) is 19.6 Å². The molecule has 0 spiro atoms. The van der Waals surface area contributed by atoms with Crippen LogP contribution in [0, 0.1) is 0 Å². The van der Waals surface area contributed by atoms with Crippen LogP contribution in [-0.4, -0.2) is 40.8 Å². The number of aliphatic carboxylic acids is 1. The molecule has 0 bridgehead atoms. The number of thioether (sulfide) groups is 1. The van der Waals surface area contributed by atoms with E-state index < -0.39 is 5.97 Å². The van der Waals surface area contributed by atoms with Gasteiger partial charge in [0, 0.05) is 18.8 Å². The Morgan fingerprint density at radius 2 is 1.64 bits per heavy atom. The molecule has 0 heterocycles. The second-order valence-electron chi connectivity index (χ2n) is 4.63. The molecule has 22 heavy (non-hydrogen) atoms. The molecule has 3 N–H and O–H groups in total. The number of benzene rings is 1. The summed E-state index contributed by atoms with van der Waals surface area (Å²) >= 11 is 1.40. The molecule has 1 amide bonds. The Morgan fingerprint density at radius 1 is 1.14 bits per heavy atom. The molecule has 1 aromatic rings. The van der Waals surface area contributed by atoms with Gasteiger partial charge in [-0.25, -0.2) is 0 Å². The first-order chi connectivity index (χ1) is 10.5. The summed E-state index contributed by atoms with van der Waals surface area (Å²) in [6.07, 6.45) is 2.05. The lowest BCUT2D eigenvalue weighted by Gasteiger charge is -2.20. The minimum atomic E-state index is -0.968. The fraction of sp³-hybridized carbons (Fsp3) is 0.500. The molecule has 6 heteroatoms. The van der Waals surface area contributed by atoms with Crippen LogP contribution in [0.1, 0.15) is 32.3 Å². The zero-order valence-corrected chi connectivity index (χ0v) is 14.1. The Balaban J connectivity index is 0.000000763. The predicted octanol–water partition coefficient (Wildman–Crippen LogP) is 3.19. The predicted molar refractivity (Wildman–Crippen MR) is 92.0 cm³/mol. The largest absolute Gasteiger partial charge is 0.480 e. The molecular formula is C16H26N2O3S. The summed E-state index contributed by atoms with van der Waals surface area (Å²) in [6, 6.07) is 10.1. The molecule has 0 aliphatic carbocycles. The fourth-order valence-corrected chi connectivity index (χ4v) is 2.49. The number of hydrogen-bond donors (Lipinski definition) is 2. The average molecular weight is 326 g/mol. The first-order valence-corrected chi connectivity index (χ1v) is 8.41. The highest BCUT2D eigenvalue weighted by Crippen LogP contribution is 2.16. The molecule has 0 aliphatic heterocycles. The number of rotatable bonds is 7. The van der Waals surface area contributed by atoms with Crippen LogP contribution in [0.4, 0.5) is 4.79 Å². The van der Waals surface area contributed by atoms with E-state index in [9.17, 15) is 9.59 Å². The summed E-state index contributed by atoms with van der Waals surface area (Å²) in [5.41, 5.74) is 5.78. The van der Waals surface area contributed by atoms with Gasteiger partial charge in [-0.15, -0.1) is 0 Å². The van der Waals surface area contributed by atoms with Crippen molar-refractivity contribution in [3.63, 3.8) is 0 Å². The summed E-state index contributed by atoms with van der Waals surface area (Å²) in [4.78, 5) is 23.2. The minimum Gasteiger partial charge on any atom is -0.480 e. The number of carbonyl (C=O) groups excluding carboxylic acids is 1. The quantitative estimate of drug-likeness (QED) is 0.804. The summed E-state index contributed by atoms with van der Waals surface area (Å²) in [5, 5.41) is 7.80. The third-order valence-corrected chi connectivity index (χ3v) is 3.61. The van der Waals surface area contributed by atoms with Crippen LogP contribution in [0.25, 0.3) is 0 Å². The van der Waals surface area contributed by atoms with Crippen molar-refractivity contribution >= 4 is 23.0 Å². The fourth-order valence-electron chi connectivity index (χ4n) is 1.64. The summed E-state index contributed by atoms with van der Waals surface area (Å²) in [7, 11) is 0. The molecule has 0 aliphatic rings. The lowest BCUT2D eigenvalue weighted by Crippen LogP contribution is -2.29. The van der Waals surface area contributed by atoms with Gasteiger partial charge in [0.25, 0.3) is 5.24 Å². The van der Waals surface area contributed by atoms with Crippen molar-refractivity contribution in [2.24, 2.45) is 5.73 Å². The zero-order valence-electron chi connectivity index (χ0n) is 13.3. The van der Waals surface area contributed by atoms with Crippen molar-refractivity contribution < 1.29 is 14.7 Å². The van der Waals surface area contributed by atoms with E-state index in [1.165, 1.54) is 17.3 Å². The highest BCUT2D eigenvalue weighted by molar-refractivity contribution is 8.12. The van der Waals surface area contributed by atoms with Crippen LogP contribution in [0.15, 0.2) is 30.3 Å². The maximum absolute atomic E-state index is 12.0. The van der Waals surface area contributed by atoms with E-state index in [2.05, 4.69) is 31.7 Å². The third kappa shape index (κ3) is 10.2. The summed E-state index contributed by atoms with van der Waals surface area (Å²) < 4.78 is 0. The lowest BCUT2D eigenvalue weighted by atomic mass is 10.2. The van der Waals surface area contributed by atoms with Gasteiger partial charge in [-0.3, -0.25) is 9.59 Å². The maximum atomic E-state index is 12.0. The van der Waals surface area contributed by atoms with Crippen LogP contribution >= 0.6 is 11.8 Å². The molecule has 124 valence electrons. The van der Waals surface area contributed by atoms with E-state index in [1.807, 2.05) is 23.1 Å². The number of hydrogen-bond acceptors (Lipinski definition) is 4. The van der Waals surface area contributed by atoms with Crippen LogP contribution in [0.2, 0.25) is 0 Å². The summed E-state index contributed by atoms with van der Waals surface area (Å²) in [6.45, 7) is 5.68. The van der Waals surface area contributed by atoms with Crippen molar-refractivity contribution in [1.82, 2.24) is 4.90 Å². The van der Waals surface area contributed by atoms with Crippen molar-refractivity contribution in [3.8, 4) is 0 Å². The van der Waals surface area contributed by atoms with E-state index in [1.54, 1.807) is 0 Å². The van der Waals surface area contributed by atoms with Gasteiger partial charge in [0.2, 0.25) is 0 Å². The van der Waals surface area contributed by atoms with Crippen molar-refractivity contribution in [3.05, 3.63) is 35.9 Å². The standard InChI is InChI=1S/C14H21NOS.C2H5NO2/c1-3-10-15(11-4-2)14(16)17-12-13-8-6-5-7-9-13;3-1-2(4)5/h5-9H,3-4,10-12H2,1-2H3;1,3H2,(H,4,5). The molecule has 0 aromatic heterocycles. The molecule has 0 radical (unpaired) electrons. The highest BCUT2D eigenvalue weighted by Gasteiger charge is 2.11. The molecule has 0 saturated heterocycles. The SMILES string of the molecule is CCCN(CCC)C(=O)SCc1ccccc1.NCC(=O)O. The molecule has 0 unspecified atom stereocenters. The maximum Gasteiger partial charge on any atom is 0.317 e. The van der Waals surface area contributed by atoms with Gasteiger partial charge in [0.05, 0.1) is 6.54 Å². The van der Waals surface area contributed by atoms with E-state index in [0.717, 1.165) is 31.7 Å². The molecule has 0 fully saturated rings. The Labute approximate surface area is 136 Å². The van der Waals surface area contributed by atoms with E-state index in [-0.39, 0.29) is 11.8 Å². The topological polar surface area (TPSA) is 83.6 Å². The van der Waals surface area contributed by atoms with Gasteiger partial charge in [0.1, 0.15) is 0 Å². The highest BCUT2D eigenvalue weighted by atomic mass is 32.2. The molecular weight excluding hydrogens is 300 g/mol. The number of nitrogens with zero attached hydrogens (tertiary/aromatic N) is 1. The van der Waals surface area contributed by atoms with Crippen LogP contribution in [-0.2, 0) is 10.5 Å². The van der Waals surface area contributed by atoms with Gasteiger partial charge >= 0.3 is 5.97 Å². The number of amides is 1. The minimum absolute atomic E-state index is 0.206. The molecule has 0 saturated carbocycles. The number of nitrogens with two attached hydrogens (primary N) is 1. The Kier molecular flexibility index (Phi) is 12.2. The first kappa shape index (κ1) is 20.5. The van der Waals surface area contributed by atoms with Crippen LogP contribution < -0.4 is 5.73 Å². The van der Waals surface area contributed by atoms with E-state index >= 15 is 0 Å². The lowest BCUT2D eigenvalue weighted by molar-refractivity contribution is -0.135. The third-order valence-electron chi connectivity index (χ3n) is 2.63. The molecule has 1 rings (SSSR count). The molecule has 1 aromatic carbocycles. The number of carboxylic acid groups (broad SMARTS) is 1. The van der Waals surface area contributed by atoms with Crippen LogP contribution in [0.3, 0.4) is 0 Å². The Morgan fingerprint density at radius 3 is 2.05 bits per heavy atom. The molecule has 0 atom stereocenters. The van der Waals surface area contributed by atoms with Crippen molar-refractivity contribution in [2.45, 2.75) is 32.4 Å². The second-order valence-corrected chi connectivity index (χ2v) is 5.55.